The van der Waals surface area contributed by atoms with E-state index >= 15 is 0 Å². The lowest BCUT2D eigenvalue weighted by Crippen LogP contribution is -2.47. The van der Waals surface area contributed by atoms with Gasteiger partial charge in [-0.2, -0.15) is 0 Å². The smallest absolute Gasteiger partial charge is 0.180 e. The molecule has 0 spiro atoms. The standard InChI is InChI=1S/C13H18N6/c14-11-9-19-4-3-15-12(19)13(16-11)18-7-5-17(6-8-18)10-1-2-10/h3-4,9-10H,1-2,5-8,14H2. The maximum atomic E-state index is 5.88. The number of piperazine rings is 1. The number of nitrogens with two attached hydrogens (primary N) is 1. The molecule has 0 amide bonds. The Kier molecular flexibility index (Phi) is 2.38. The molecule has 1 aliphatic carbocycles. The van der Waals surface area contributed by atoms with E-state index in [-0.39, 0.29) is 0 Å². The molecule has 0 bridgehead atoms. The minimum absolute atomic E-state index is 0.546. The average molecular weight is 258 g/mol. The van der Waals surface area contributed by atoms with Gasteiger partial charge < -0.3 is 15.0 Å². The topological polar surface area (TPSA) is 62.7 Å². The third-order valence-corrected chi connectivity index (χ3v) is 4.05. The van der Waals surface area contributed by atoms with Crippen molar-refractivity contribution in [3.63, 3.8) is 0 Å². The zero-order chi connectivity index (χ0) is 12.8. The maximum Gasteiger partial charge on any atom is 0.180 e. The summed E-state index contributed by atoms with van der Waals surface area (Å²) in [7, 11) is 0. The monoisotopic (exact) mass is 258 g/mol. The van der Waals surface area contributed by atoms with Gasteiger partial charge in [-0.25, -0.2) is 9.97 Å². The highest BCUT2D eigenvalue weighted by Crippen LogP contribution is 2.29. The molecular formula is C13H18N6. The lowest BCUT2D eigenvalue weighted by atomic mass is 10.3. The van der Waals surface area contributed by atoms with Crippen LogP contribution < -0.4 is 10.6 Å². The Hall–Kier alpha value is -1.82. The Morgan fingerprint density at radius 3 is 2.68 bits per heavy atom. The van der Waals surface area contributed by atoms with Crippen LogP contribution in [-0.4, -0.2) is 51.5 Å². The SMILES string of the molecule is Nc1cn2ccnc2c(N2CCN(C3CC3)CC2)n1. The molecule has 6 heteroatoms. The van der Waals surface area contributed by atoms with Gasteiger partial charge in [0, 0.05) is 44.6 Å². The van der Waals surface area contributed by atoms with Crippen molar-refractivity contribution in [3.8, 4) is 0 Å². The molecule has 2 aliphatic rings. The fourth-order valence-corrected chi connectivity index (χ4v) is 2.88. The Bertz CT molecular complexity index is 594. The summed E-state index contributed by atoms with van der Waals surface area (Å²) in [6.07, 6.45) is 8.27. The van der Waals surface area contributed by atoms with Crippen LogP contribution in [0.5, 0.6) is 0 Å². The van der Waals surface area contributed by atoms with Crippen LogP contribution in [-0.2, 0) is 0 Å². The number of rotatable bonds is 2. The molecule has 0 radical (unpaired) electrons. The highest BCUT2D eigenvalue weighted by Gasteiger charge is 2.31. The van der Waals surface area contributed by atoms with Crippen LogP contribution in [0.15, 0.2) is 18.6 Å². The summed E-state index contributed by atoms with van der Waals surface area (Å²) in [5, 5.41) is 0. The Morgan fingerprint density at radius 1 is 1.16 bits per heavy atom. The third-order valence-electron chi connectivity index (χ3n) is 4.05. The van der Waals surface area contributed by atoms with Crippen molar-refractivity contribution < 1.29 is 0 Å². The molecule has 0 atom stereocenters. The Balaban J connectivity index is 1.61. The van der Waals surface area contributed by atoms with Crippen LogP contribution in [0, 0.1) is 0 Å². The number of nitrogen functional groups attached to an aromatic ring is 1. The van der Waals surface area contributed by atoms with Crippen LogP contribution in [0.2, 0.25) is 0 Å². The Morgan fingerprint density at radius 2 is 1.95 bits per heavy atom. The molecule has 1 aliphatic heterocycles. The summed E-state index contributed by atoms with van der Waals surface area (Å²) in [5.41, 5.74) is 6.78. The van der Waals surface area contributed by atoms with Gasteiger partial charge in [0.1, 0.15) is 5.82 Å². The second-order valence-corrected chi connectivity index (χ2v) is 5.40. The first kappa shape index (κ1) is 11.0. The zero-order valence-corrected chi connectivity index (χ0v) is 10.9. The number of hydrogen-bond donors (Lipinski definition) is 1. The molecule has 2 aromatic rings. The summed E-state index contributed by atoms with van der Waals surface area (Å²) in [4.78, 5) is 13.8. The number of anilines is 2. The molecule has 4 rings (SSSR count). The molecule has 1 saturated heterocycles. The fraction of sp³-hybridized carbons (Fsp3) is 0.538. The summed E-state index contributed by atoms with van der Waals surface area (Å²) in [6, 6.07) is 0.849. The van der Waals surface area contributed by atoms with Crippen molar-refractivity contribution >= 4 is 17.3 Å². The summed E-state index contributed by atoms with van der Waals surface area (Å²) >= 11 is 0. The van der Waals surface area contributed by atoms with Crippen LogP contribution in [0.25, 0.3) is 5.65 Å². The van der Waals surface area contributed by atoms with Gasteiger partial charge in [-0.3, -0.25) is 4.90 Å². The van der Waals surface area contributed by atoms with Crippen LogP contribution >= 0.6 is 0 Å². The van der Waals surface area contributed by atoms with E-state index in [0.717, 1.165) is 43.7 Å². The third kappa shape index (κ3) is 1.92. The van der Waals surface area contributed by atoms with E-state index in [2.05, 4.69) is 19.8 Å². The largest absolute Gasteiger partial charge is 0.382 e. The second kappa shape index (κ2) is 4.09. The first-order valence-corrected chi connectivity index (χ1v) is 6.89. The summed E-state index contributed by atoms with van der Waals surface area (Å²) < 4.78 is 1.95. The van der Waals surface area contributed by atoms with Gasteiger partial charge in [-0.15, -0.1) is 0 Å². The first-order chi connectivity index (χ1) is 9.31. The lowest BCUT2D eigenvalue weighted by Gasteiger charge is -2.35. The van der Waals surface area contributed by atoms with Crippen LogP contribution in [0.1, 0.15) is 12.8 Å². The number of fused-ring (bicyclic) bond motifs is 1. The van der Waals surface area contributed by atoms with Gasteiger partial charge in [0.2, 0.25) is 0 Å². The van der Waals surface area contributed by atoms with Crippen molar-refractivity contribution in [1.29, 1.82) is 0 Å². The molecule has 0 unspecified atom stereocenters. The molecule has 2 fully saturated rings. The van der Waals surface area contributed by atoms with E-state index < -0.39 is 0 Å². The molecule has 3 heterocycles. The molecule has 1 saturated carbocycles. The lowest BCUT2D eigenvalue weighted by molar-refractivity contribution is 0.247. The predicted molar refractivity (Wildman–Crippen MR) is 74.2 cm³/mol. The quantitative estimate of drug-likeness (QED) is 0.854. The van der Waals surface area contributed by atoms with Gasteiger partial charge in [0.25, 0.3) is 0 Å². The van der Waals surface area contributed by atoms with Gasteiger partial charge in [-0.05, 0) is 12.8 Å². The van der Waals surface area contributed by atoms with Gasteiger partial charge >= 0.3 is 0 Å². The van der Waals surface area contributed by atoms with Crippen molar-refractivity contribution in [2.24, 2.45) is 0 Å². The summed E-state index contributed by atoms with van der Waals surface area (Å²) in [6.45, 7) is 4.26. The van der Waals surface area contributed by atoms with Gasteiger partial charge in [0.15, 0.2) is 11.5 Å². The van der Waals surface area contributed by atoms with Crippen LogP contribution in [0.3, 0.4) is 0 Å². The van der Waals surface area contributed by atoms with E-state index in [9.17, 15) is 0 Å². The minimum atomic E-state index is 0.546. The Labute approximate surface area is 111 Å². The second-order valence-electron chi connectivity index (χ2n) is 5.40. The van der Waals surface area contributed by atoms with Crippen molar-refractivity contribution in [2.45, 2.75) is 18.9 Å². The predicted octanol–water partition coefficient (Wildman–Crippen LogP) is 0.596. The number of imidazole rings is 1. The minimum Gasteiger partial charge on any atom is -0.382 e. The number of nitrogens with zero attached hydrogens (tertiary/aromatic N) is 5. The maximum absolute atomic E-state index is 5.88. The van der Waals surface area contributed by atoms with Crippen molar-refractivity contribution in [1.82, 2.24) is 19.3 Å². The molecule has 100 valence electrons. The molecule has 6 nitrogen and oxygen atoms in total. The molecule has 0 aromatic carbocycles. The average Bonchev–Trinajstić information content (AvgIpc) is 3.17. The molecule has 2 aromatic heterocycles. The van der Waals surface area contributed by atoms with Gasteiger partial charge in [0.05, 0.1) is 6.20 Å². The highest BCUT2D eigenvalue weighted by atomic mass is 15.3. The number of hydrogen-bond acceptors (Lipinski definition) is 5. The zero-order valence-electron chi connectivity index (χ0n) is 10.9. The van der Waals surface area contributed by atoms with E-state index in [1.807, 2.05) is 16.8 Å². The summed E-state index contributed by atoms with van der Waals surface area (Å²) in [5.74, 6) is 1.46. The highest BCUT2D eigenvalue weighted by molar-refractivity contribution is 5.66. The normalized spacial score (nSPS) is 21.2. The van der Waals surface area contributed by atoms with E-state index in [1.165, 1.54) is 12.8 Å². The fourth-order valence-electron chi connectivity index (χ4n) is 2.88. The van der Waals surface area contributed by atoms with Crippen LogP contribution in [0.4, 0.5) is 11.6 Å². The first-order valence-electron chi connectivity index (χ1n) is 6.89. The van der Waals surface area contributed by atoms with Gasteiger partial charge in [-0.1, -0.05) is 0 Å². The molecular weight excluding hydrogens is 240 g/mol. The van der Waals surface area contributed by atoms with Crippen molar-refractivity contribution in [3.05, 3.63) is 18.6 Å². The molecule has 19 heavy (non-hydrogen) atoms. The number of aromatic nitrogens is 3. The molecule has 2 N–H and O–H groups in total. The van der Waals surface area contributed by atoms with E-state index in [0.29, 0.717) is 5.82 Å². The van der Waals surface area contributed by atoms with E-state index in [1.54, 1.807) is 6.20 Å². The van der Waals surface area contributed by atoms with E-state index in [4.69, 9.17) is 5.73 Å². The van der Waals surface area contributed by atoms with Crippen molar-refractivity contribution in [2.75, 3.05) is 36.8 Å².